The van der Waals surface area contributed by atoms with E-state index in [9.17, 15) is 20.4 Å². The SMILES string of the molecule is CCc1ccc(Cc2c3ccccc3nn2[C@@H]2O[C@H](CO)[C@@H](O)[C@H](O)[C@H]2O)cc1. The topological polar surface area (TPSA) is 108 Å². The molecule has 7 heteroatoms. The van der Waals surface area contributed by atoms with Crippen LogP contribution in [0, 0.1) is 0 Å². The zero-order valence-electron chi connectivity index (χ0n) is 16.2. The van der Waals surface area contributed by atoms with Gasteiger partial charge in [0.15, 0.2) is 6.23 Å². The molecule has 4 rings (SSSR count). The average Bonchev–Trinajstić information content (AvgIpc) is 3.11. The van der Waals surface area contributed by atoms with Gasteiger partial charge in [0.2, 0.25) is 0 Å². The van der Waals surface area contributed by atoms with Crippen LogP contribution < -0.4 is 0 Å². The number of fused-ring (bicyclic) bond motifs is 1. The van der Waals surface area contributed by atoms with Gasteiger partial charge in [-0.2, -0.15) is 5.10 Å². The first kappa shape index (κ1) is 20.0. The fraction of sp³-hybridized carbons (Fsp3) is 0.409. The van der Waals surface area contributed by atoms with Crippen molar-refractivity contribution in [1.82, 2.24) is 9.78 Å². The van der Waals surface area contributed by atoms with Crippen molar-refractivity contribution in [3.05, 3.63) is 65.4 Å². The van der Waals surface area contributed by atoms with Gasteiger partial charge in [0.05, 0.1) is 17.8 Å². The van der Waals surface area contributed by atoms with E-state index in [1.54, 1.807) is 4.68 Å². The van der Waals surface area contributed by atoms with Crippen LogP contribution in [0.25, 0.3) is 10.9 Å². The van der Waals surface area contributed by atoms with E-state index < -0.39 is 37.3 Å². The number of rotatable bonds is 5. The Bertz CT molecular complexity index is 969. The van der Waals surface area contributed by atoms with E-state index in [1.807, 2.05) is 24.3 Å². The molecule has 5 atom stereocenters. The lowest BCUT2D eigenvalue weighted by Gasteiger charge is -2.40. The molecule has 4 N–H and O–H groups in total. The van der Waals surface area contributed by atoms with E-state index in [-0.39, 0.29) is 0 Å². The third-order valence-corrected chi connectivity index (χ3v) is 5.62. The number of aliphatic hydroxyl groups is 4. The van der Waals surface area contributed by atoms with Gasteiger partial charge in [-0.25, -0.2) is 4.68 Å². The Morgan fingerprint density at radius 3 is 2.31 bits per heavy atom. The van der Waals surface area contributed by atoms with Gasteiger partial charge in [0.25, 0.3) is 0 Å². The van der Waals surface area contributed by atoms with Gasteiger partial charge in [0, 0.05) is 11.8 Å². The molecule has 1 aliphatic heterocycles. The Balaban J connectivity index is 1.76. The molecule has 7 nitrogen and oxygen atoms in total. The van der Waals surface area contributed by atoms with Crippen molar-refractivity contribution < 1.29 is 25.2 Å². The van der Waals surface area contributed by atoms with Gasteiger partial charge in [-0.05, 0) is 23.6 Å². The van der Waals surface area contributed by atoms with Crippen molar-refractivity contribution in [3.8, 4) is 0 Å². The number of hydrogen-bond donors (Lipinski definition) is 4. The molecule has 1 saturated heterocycles. The van der Waals surface area contributed by atoms with E-state index >= 15 is 0 Å². The highest BCUT2D eigenvalue weighted by molar-refractivity contribution is 5.81. The zero-order valence-corrected chi connectivity index (χ0v) is 16.2. The van der Waals surface area contributed by atoms with E-state index in [4.69, 9.17) is 4.74 Å². The van der Waals surface area contributed by atoms with Crippen LogP contribution in [0.15, 0.2) is 48.5 Å². The van der Waals surface area contributed by atoms with Crippen LogP contribution in [-0.2, 0) is 17.6 Å². The average molecular weight is 398 g/mol. The summed E-state index contributed by atoms with van der Waals surface area (Å²) in [4.78, 5) is 0. The lowest BCUT2D eigenvalue weighted by Crippen LogP contribution is -2.56. The molecular weight excluding hydrogens is 372 g/mol. The lowest BCUT2D eigenvalue weighted by molar-refractivity contribution is -0.254. The summed E-state index contributed by atoms with van der Waals surface area (Å²) in [7, 11) is 0. The largest absolute Gasteiger partial charge is 0.394 e. The Morgan fingerprint density at radius 1 is 0.931 bits per heavy atom. The van der Waals surface area contributed by atoms with Gasteiger partial charge in [-0.1, -0.05) is 49.4 Å². The normalized spacial score (nSPS) is 27.4. The first-order valence-corrected chi connectivity index (χ1v) is 9.88. The van der Waals surface area contributed by atoms with E-state index in [0.29, 0.717) is 6.42 Å². The molecule has 0 radical (unpaired) electrons. The summed E-state index contributed by atoms with van der Waals surface area (Å²) in [6.45, 7) is 1.63. The summed E-state index contributed by atoms with van der Waals surface area (Å²) in [5.41, 5.74) is 3.90. The molecule has 0 saturated carbocycles. The minimum Gasteiger partial charge on any atom is -0.394 e. The molecule has 154 valence electrons. The standard InChI is InChI=1S/C22H26N2O5/c1-2-13-7-9-14(10-8-13)11-17-15-5-3-4-6-16(15)23-24(17)22-21(28)20(27)19(26)18(12-25)29-22/h3-10,18-22,25-28H,2,11-12H2,1H3/t18-,19-,20+,21-,22-/m1/s1. The summed E-state index contributed by atoms with van der Waals surface area (Å²) in [5.74, 6) is 0. The molecule has 2 heterocycles. The van der Waals surface area contributed by atoms with E-state index in [2.05, 4.69) is 36.3 Å². The van der Waals surface area contributed by atoms with Gasteiger partial charge in [0.1, 0.15) is 24.4 Å². The second kappa shape index (κ2) is 8.22. The van der Waals surface area contributed by atoms with Crippen molar-refractivity contribution in [3.63, 3.8) is 0 Å². The smallest absolute Gasteiger partial charge is 0.179 e. The molecular formula is C22H26N2O5. The van der Waals surface area contributed by atoms with E-state index in [1.165, 1.54) is 5.56 Å². The molecule has 29 heavy (non-hydrogen) atoms. The highest BCUT2D eigenvalue weighted by Crippen LogP contribution is 2.32. The van der Waals surface area contributed by atoms with Crippen molar-refractivity contribution in [2.45, 2.75) is 50.4 Å². The number of benzene rings is 2. The maximum atomic E-state index is 10.6. The van der Waals surface area contributed by atoms with Crippen LogP contribution in [0.4, 0.5) is 0 Å². The summed E-state index contributed by atoms with van der Waals surface area (Å²) < 4.78 is 7.32. The van der Waals surface area contributed by atoms with Gasteiger partial charge in [-0.15, -0.1) is 0 Å². The quantitative estimate of drug-likeness (QED) is 0.514. The minimum atomic E-state index is -1.45. The Labute approximate surface area is 168 Å². The summed E-state index contributed by atoms with van der Waals surface area (Å²) in [6.07, 6.45) is -4.73. The third kappa shape index (κ3) is 3.68. The van der Waals surface area contributed by atoms with Crippen LogP contribution in [-0.4, -0.2) is 61.2 Å². The van der Waals surface area contributed by atoms with Crippen LogP contribution in [0.5, 0.6) is 0 Å². The van der Waals surface area contributed by atoms with Crippen LogP contribution >= 0.6 is 0 Å². The predicted molar refractivity (Wildman–Crippen MR) is 107 cm³/mol. The first-order chi connectivity index (χ1) is 14.0. The highest BCUT2D eigenvalue weighted by atomic mass is 16.6. The van der Waals surface area contributed by atoms with Crippen LogP contribution in [0.3, 0.4) is 0 Å². The third-order valence-electron chi connectivity index (χ3n) is 5.62. The molecule has 0 bridgehead atoms. The van der Waals surface area contributed by atoms with Gasteiger partial charge in [-0.3, -0.25) is 0 Å². The van der Waals surface area contributed by atoms with E-state index in [0.717, 1.165) is 28.6 Å². The zero-order chi connectivity index (χ0) is 20.5. The number of ether oxygens (including phenoxy) is 1. The molecule has 2 aromatic carbocycles. The number of aromatic nitrogens is 2. The number of aliphatic hydroxyl groups excluding tert-OH is 4. The maximum Gasteiger partial charge on any atom is 0.179 e. The monoisotopic (exact) mass is 398 g/mol. The highest BCUT2D eigenvalue weighted by Gasteiger charge is 2.45. The Kier molecular flexibility index (Phi) is 5.67. The second-order valence-corrected chi connectivity index (χ2v) is 7.47. The van der Waals surface area contributed by atoms with Crippen molar-refractivity contribution in [1.29, 1.82) is 0 Å². The molecule has 1 aliphatic rings. The Hall–Kier alpha value is -2.29. The van der Waals surface area contributed by atoms with Crippen molar-refractivity contribution in [2.24, 2.45) is 0 Å². The molecule has 0 amide bonds. The molecule has 1 aromatic heterocycles. The Morgan fingerprint density at radius 2 is 1.62 bits per heavy atom. The molecule has 0 spiro atoms. The van der Waals surface area contributed by atoms with Gasteiger partial charge >= 0.3 is 0 Å². The molecule has 0 unspecified atom stereocenters. The van der Waals surface area contributed by atoms with Crippen LogP contribution in [0.2, 0.25) is 0 Å². The summed E-state index contributed by atoms with van der Waals surface area (Å²) >= 11 is 0. The fourth-order valence-electron chi connectivity index (χ4n) is 3.86. The fourth-order valence-corrected chi connectivity index (χ4v) is 3.86. The minimum absolute atomic E-state index is 0.476. The summed E-state index contributed by atoms with van der Waals surface area (Å²) in [6, 6.07) is 15.9. The van der Waals surface area contributed by atoms with Gasteiger partial charge < -0.3 is 25.2 Å². The van der Waals surface area contributed by atoms with Crippen molar-refractivity contribution >= 4 is 10.9 Å². The number of aryl methyl sites for hydroxylation is 1. The number of hydrogen-bond acceptors (Lipinski definition) is 6. The maximum absolute atomic E-state index is 10.6. The van der Waals surface area contributed by atoms with Crippen molar-refractivity contribution in [2.75, 3.05) is 6.61 Å². The second-order valence-electron chi connectivity index (χ2n) is 7.47. The summed E-state index contributed by atoms with van der Waals surface area (Å²) in [5, 5.41) is 45.9. The number of nitrogens with zero attached hydrogens (tertiary/aromatic N) is 2. The molecule has 0 aliphatic carbocycles. The first-order valence-electron chi connectivity index (χ1n) is 9.88. The molecule has 3 aromatic rings. The van der Waals surface area contributed by atoms with Crippen LogP contribution in [0.1, 0.15) is 30.0 Å². The predicted octanol–water partition coefficient (Wildman–Crippen LogP) is 1.16. The lowest BCUT2D eigenvalue weighted by atomic mass is 9.98. The molecule has 1 fully saturated rings.